The first-order valence-corrected chi connectivity index (χ1v) is 6.69. The molecule has 0 atom stereocenters. The Morgan fingerprint density at radius 3 is 2.39 bits per heavy atom. The number of unbranched alkanes of at least 4 members (excludes halogenated alkanes) is 2. The third-order valence-electron chi connectivity index (χ3n) is 2.62. The monoisotopic (exact) mass is 250 g/mol. The highest BCUT2D eigenvalue weighted by atomic mass is 16.7. The van der Waals surface area contributed by atoms with Crippen molar-refractivity contribution in [3.8, 4) is 5.75 Å². The van der Waals surface area contributed by atoms with Crippen LogP contribution in [0, 0.1) is 0 Å². The second-order valence-electron chi connectivity index (χ2n) is 4.30. The zero-order valence-electron chi connectivity index (χ0n) is 11.3. The molecule has 0 unspecified atom stereocenters. The highest BCUT2D eigenvalue weighted by molar-refractivity contribution is 5.63. The molecule has 1 aromatic rings. The van der Waals surface area contributed by atoms with Crippen LogP contribution in [0.25, 0.3) is 0 Å². The molecule has 3 nitrogen and oxygen atoms in total. The molecule has 0 saturated carbocycles. The average Bonchev–Trinajstić information content (AvgIpc) is 2.39. The van der Waals surface area contributed by atoms with Crippen molar-refractivity contribution in [1.82, 2.24) is 0 Å². The quantitative estimate of drug-likeness (QED) is 0.410. The second-order valence-corrected chi connectivity index (χ2v) is 4.30. The number of carbonyl (C=O) groups is 1. The van der Waals surface area contributed by atoms with Crippen molar-refractivity contribution in [2.45, 2.75) is 46.0 Å². The first kappa shape index (κ1) is 14.6. The van der Waals surface area contributed by atoms with Crippen LogP contribution in [-0.4, -0.2) is 12.8 Å². The minimum atomic E-state index is -0.629. The third-order valence-corrected chi connectivity index (χ3v) is 2.62. The van der Waals surface area contributed by atoms with Crippen LogP contribution in [0.4, 0.5) is 4.79 Å². The van der Waals surface area contributed by atoms with Gasteiger partial charge >= 0.3 is 6.16 Å². The van der Waals surface area contributed by atoms with Gasteiger partial charge in [0.05, 0.1) is 6.61 Å². The van der Waals surface area contributed by atoms with Crippen molar-refractivity contribution in [2.24, 2.45) is 0 Å². The van der Waals surface area contributed by atoms with Crippen LogP contribution >= 0.6 is 0 Å². The molecule has 1 rings (SSSR count). The standard InChI is InChI=1S/C15H22O3/c1-3-5-6-7-13-8-10-14(11-9-13)18-15(16)17-12-4-2/h8-11H,3-7,12H2,1-2H3. The fourth-order valence-corrected chi connectivity index (χ4v) is 1.61. The molecule has 0 amide bonds. The number of carbonyl (C=O) groups excluding carboxylic acids is 1. The molecule has 0 aliphatic carbocycles. The number of rotatable bonds is 7. The molecule has 1 aromatic carbocycles. The highest BCUT2D eigenvalue weighted by Crippen LogP contribution is 2.14. The molecule has 0 N–H and O–H groups in total. The maximum absolute atomic E-state index is 11.2. The van der Waals surface area contributed by atoms with E-state index < -0.39 is 6.16 Å². The van der Waals surface area contributed by atoms with E-state index >= 15 is 0 Å². The Hall–Kier alpha value is -1.51. The van der Waals surface area contributed by atoms with Gasteiger partial charge in [0.1, 0.15) is 5.75 Å². The summed E-state index contributed by atoms with van der Waals surface area (Å²) in [6, 6.07) is 7.62. The summed E-state index contributed by atoms with van der Waals surface area (Å²) in [4.78, 5) is 11.2. The van der Waals surface area contributed by atoms with Crippen LogP contribution in [0.5, 0.6) is 5.75 Å². The summed E-state index contributed by atoms with van der Waals surface area (Å²) >= 11 is 0. The van der Waals surface area contributed by atoms with Gasteiger partial charge in [-0.2, -0.15) is 0 Å². The van der Waals surface area contributed by atoms with E-state index in [1.807, 2.05) is 31.2 Å². The van der Waals surface area contributed by atoms with Gasteiger partial charge in [0.2, 0.25) is 0 Å². The summed E-state index contributed by atoms with van der Waals surface area (Å²) in [6.07, 6.45) is 4.93. The van der Waals surface area contributed by atoms with Crippen LogP contribution in [0.3, 0.4) is 0 Å². The smallest absolute Gasteiger partial charge is 0.434 e. The second kappa shape index (κ2) is 8.56. The molecule has 0 aromatic heterocycles. The zero-order chi connectivity index (χ0) is 13.2. The van der Waals surface area contributed by atoms with E-state index in [0.29, 0.717) is 12.4 Å². The summed E-state index contributed by atoms with van der Waals surface area (Å²) in [5.74, 6) is 0.537. The van der Waals surface area contributed by atoms with Gasteiger partial charge in [-0.15, -0.1) is 0 Å². The predicted molar refractivity (Wildman–Crippen MR) is 71.9 cm³/mol. The molecule has 3 heteroatoms. The lowest BCUT2D eigenvalue weighted by atomic mass is 10.1. The van der Waals surface area contributed by atoms with Gasteiger partial charge in [-0.3, -0.25) is 0 Å². The van der Waals surface area contributed by atoms with Crippen LogP contribution in [-0.2, 0) is 11.2 Å². The number of benzene rings is 1. The van der Waals surface area contributed by atoms with E-state index in [0.717, 1.165) is 12.8 Å². The lowest BCUT2D eigenvalue weighted by Gasteiger charge is -2.06. The van der Waals surface area contributed by atoms with Crippen molar-refractivity contribution < 1.29 is 14.3 Å². The molecule has 100 valence electrons. The number of hydrogen-bond acceptors (Lipinski definition) is 3. The van der Waals surface area contributed by atoms with E-state index in [1.54, 1.807) is 0 Å². The van der Waals surface area contributed by atoms with Crippen molar-refractivity contribution in [3.05, 3.63) is 29.8 Å². The molecule has 0 spiro atoms. The van der Waals surface area contributed by atoms with Gasteiger partial charge in [0, 0.05) is 0 Å². The molecule has 0 saturated heterocycles. The van der Waals surface area contributed by atoms with Gasteiger partial charge in [0.15, 0.2) is 0 Å². The summed E-state index contributed by atoms with van der Waals surface area (Å²) in [6.45, 7) is 4.53. The van der Waals surface area contributed by atoms with Gasteiger partial charge in [0.25, 0.3) is 0 Å². The van der Waals surface area contributed by atoms with Gasteiger partial charge in [-0.05, 0) is 37.0 Å². The molecule has 0 aliphatic heterocycles. The fraction of sp³-hybridized carbons (Fsp3) is 0.533. The number of ether oxygens (including phenoxy) is 2. The summed E-state index contributed by atoms with van der Waals surface area (Å²) in [7, 11) is 0. The Morgan fingerprint density at radius 1 is 1.06 bits per heavy atom. The predicted octanol–water partition coefficient (Wildman–Crippen LogP) is 4.34. The zero-order valence-corrected chi connectivity index (χ0v) is 11.3. The molecule has 0 fully saturated rings. The van der Waals surface area contributed by atoms with Crippen molar-refractivity contribution in [1.29, 1.82) is 0 Å². The van der Waals surface area contributed by atoms with Crippen LogP contribution < -0.4 is 4.74 Å². The van der Waals surface area contributed by atoms with Crippen molar-refractivity contribution in [3.63, 3.8) is 0 Å². The Labute approximate surface area is 109 Å². The number of hydrogen-bond donors (Lipinski definition) is 0. The summed E-state index contributed by atoms with van der Waals surface area (Å²) < 4.78 is 9.88. The molecule has 18 heavy (non-hydrogen) atoms. The largest absolute Gasteiger partial charge is 0.513 e. The summed E-state index contributed by atoms with van der Waals surface area (Å²) in [5, 5.41) is 0. The fourth-order valence-electron chi connectivity index (χ4n) is 1.61. The Morgan fingerprint density at radius 2 is 1.78 bits per heavy atom. The number of aryl methyl sites for hydroxylation is 1. The van der Waals surface area contributed by atoms with E-state index in [9.17, 15) is 4.79 Å². The lowest BCUT2D eigenvalue weighted by molar-refractivity contribution is 0.0991. The van der Waals surface area contributed by atoms with Gasteiger partial charge in [-0.1, -0.05) is 38.8 Å². The van der Waals surface area contributed by atoms with E-state index in [2.05, 4.69) is 6.92 Å². The van der Waals surface area contributed by atoms with Crippen molar-refractivity contribution >= 4 is 6.16 Å². The molecule has 0 aliphatic rings. The molecule has 0 heterocycles. The van der Waals surface area contributed by atoms with Gasteiger partial charge in [-0.25, -0.2) is 4.79 Å². The lowest BCUT2D eigenvalue weighted by Crippen LogP contribution is -2.10. The SMILES string of the molecule is CCCCCc1ccc(OC(=O)OCCC)cc1. The van der Waals surface area contributed by atoms with Gasteiger partial charge < -0.3 is 9.47 Å². The van der Waals surface area contributed by atoms with Crippen molar-refractivity contribution in [2.75, 3.05) is 6.61 Å². The normalized spacial score (nSPS) is 10.1. The first-order chi connectivity index (χ1) is 8.76. The minimum absolute atomic E-state index is 0.397. The molecule has 0 radical (unpaired) electrons. The van der Waals surface area contributed by atoms with Crippen LogP contribution in [0.2, 0.25) is 0 Å². The van der Waals surface area contributed by atoms with E-state index in [-0.39, 0.29) is 0 Å². The maximum Gasteiger partial charge on any atom is 0.513 e. The van der Waals surface area contributed by atoms with Crippen LogP contribution in [0.15, 0.2) is 24.3 Å². The Balaban J connectivity index is 2.37. The molecule has 0 bridgehead atoms. The van der Waals surface area contributed by atoms with Crippen LogP contribution in [0.1, 0.15) is 45.1 Å². The third kappa shape index (κ3) is 5.71. The maximum atomic E-state index is 11.2. The molecular weight excluding hydrogens is 228 g/mol. The molecular formula is C15H22O3. The first-order valence-electron chi connectivity index (χ1n) is 6.69. The minimum Gasteiger partial charge on any atom is -0.434 e. The average molecular weight is 250 g/mol. The Bertz CT molecular complexity index is 343. The van der Waals surface area contributed by atoms with E-state index in [1.165, 1.54) is 24.8 Å². The topological polar surface area (TPSA) is 35.5 Å². The highest BCUT2D eigenvalue weighted by Gasteiger charge is 2.04. The Kier molecular flexibility index (Phi) is 6.92. The van der Waals surface area contributed by atoms with E-state index in [4.69, 9.17) is 9.47 Å². The summed E-state index contributed by atoms with van der Waals surface area (Å²) in [5.41, 5.74) is 1.28.